The minimum absolute atomic E-state index is 0.00579. The molecule has 128 valence electrons. The highest BCUT2D eigenvalue weighted by Gasteiger charge is 2.38. The van der Waals surface area contributed by atoms with Gasteiger partial charge in [0.05, 0.1) is 16.4 Å². The van der Waals surface area contributed by atoms with Crippen molar-refractivity contribution in [2.24, 2.45) is 11.8 Å². The van der Waals surface area contributed by atoms with Crippen molar-refractivity contribution < 1.29 is 19.1 Å². The summed E-state index contributed by atoms with van der Waals surface area (Å²) >= 11 is 6.11. The molecule has 0 aromatic heterocycles. The van der Waals surface area contributed by atoms with E-state index >= 15 is 0 Å². The van der Waals surface area contributed by atoms with E-state index in [0.717, 1.165) is 6.42 Å². The third-order valence-electron chi connectivity index (χ3n) is 4.07. The summed E-state index contributed by atoms with van der Waals surface area (Å²) in [5, 5.41) is 8.37. The molecule has 0 bridgehead atoms. The average molecular weight is 352 g/mol. The number of rotatable bonds is 5. The maximum absolute atomic E-state index is 12.0. The second kappa shape index (κ2) is 6.68. The van der Waals surface area contributed by atoms with Crippen LogP contribution in [0.25, 0.3) is 0 Å². The third-order valence-corrected chi connectivity index (χ3v) is 4.39. The zero-order valence-corrected chi connectivity index (χ0v) is 13.9. The van der Waals surface area contributed by atoms with Gasteiger partial charge in [-0.1, -0.05) is 18.5 Å². The Labute approximate surface area is 144 Å². The summed E-state index contributed by atoms with van der Waals surface area (Å²) in [7, 11) is 0. The molecule has 3 amide bonds. The summed E-state index contributed by atoms with van der Waals surface area (Å²) in [4.78, 5) is 34.9. The van der Waals surface area contributed by atoms with Crippen molar-refractivity contribution in [1.82, 2.24) is 5.32 Å². The molecule has 0 radical (unpaired) electrons. The third kappa shape index (κ3) is 3.79. The summed E-state index contributed by atoms with van der Waals surface area (Å²) in [5.41, 5.74) is 0.874. The minimum Gasteiger partial charge on any atom is -0.482 e. The van der Waals surface area contributed by atoms with Gasteiger partial charge >= 0.3 is 0 Å². The van der Waals surface area contributed by atoms with Crippen LogP contribution in [0.2, 0.25) is 5.02 Å². The quantitative estimate of drug-likeness (QED) is 0.753. The molecule has 2 aliphatic rings. The van der Waals surface area contributed by atoms with E-state index in [0.29, 0.717) is 28.1 Å². The van der Waals surface area contributed by atoms with Gasteiger partial charge in [0.25, 0.3) is 5.91 Å². The van der Waals surface area contributed by atoms with Gasteiger partial charge in [-0.2, -0.15) is 0 Å². The summed E-state index contributed by atoms with van der Waals surface area (Å²) in [5.74, 6) is 0.470. The molecule has 0 saturated heterocycles. The monoisotopic (exact) mass is 351 g/mol. The number of amides is 3. The number of hydrogen-bond donors (Lipinski definition) is 3. The number of fused-ring (bicyclic) bond motifs is 1. The number of halogens is 1. The van der Waals surface area contributed by atoms with Crippen molar-refractivity contribution in [3.63, 3.8) is 0 Å². The Morgan fingerprint density at radius 3 is 2.88 bits per heavy atom. The van der Waals surface area contributed by atoms with E-state index in [1.54, 1.807) is 6.07 Å². The first-order valence-electron chi connectivity index (χ1n) is 7.78. The Morgan fingerprint density at radius 2 is 2.17 bits per heavy atom. The second-order valence-electron chi connectivity index (χ2n) is 6.07. The largest absolute Gasteiger partial charge is 0.482 e. The number of carbonyl (C=O) groups is 3. The van der Waals surface area contributed by atoms with Gasteiger partial charge < -0.3 is 20.7 Å². The number of anilines is 2. The van der Waals surface area contributed by atoms with Crippen molar-refractivity contribution in [1.29, 1.82) is 0 Å². The predicted octanol–water partition coefficient (Wildman–Crippen LogP) is 1.77. The lowest BCUT2D eigenvalue weighted by molar-refractivity contribution is -0.122. The predicted molar refractivity (Wildman–Crippen MR) is 89.1 cm³/mol. The van der Waals surface area contributed by atoms with E-state index in [2.05, 4.69) is 16.0 Å². The van der Waals surface area contributed by atoms with Crippen LogP contribution in [0.1, 0.15) is 19.8 Å². The molecule has 2 atom stereocenters. The van der Waals surface area contributed by atoms with Gasteiger partial charge in [0.15, 0.2) is 6.61 Å². The normalized spacial score (nSPS) is 21.2. The van der Waals surface area contributed by atoms with Crippen LogP contribution in [-0.4, -0.2) is 30.9 Å². The molecule has 1 aromatic carbocycles. The zero-order chi connectivity index (χ0) is 17.3. The van der Waals surface area contributed by atoms with Crippen molar-refractivity contribution in [2.75, 3.05) is 23.8 Å². The van der Waals surface area contributed by atoms with Gasteiger partial charge in [-0.15, -0.1) is 0 Å². The van der Waals surface area contributed by atoms with Gasteiger partial charge in [-0.3, -0.25) is 14.4 Å². The average Bonchev–Trinajstić information content (AvgIpc) is 3.25. The first-order valence-corrected chi connectivity index (χ1v) is 8.15. The Morgan fingerprint density at radius 1 is 1.42 bits per heavy atom. The molecule has 8 heteroatoms. The molecule has 1 fully saturated rings. The van der Waals surface area contributed by atoms with Crippen molar-refractivity contribution >= 4 is 40.7 Å². The molecule has 0 spiro atoms. The molecular formula is C16H18ClN3O4. The molecule has 1 aliphatic heterocycles. The number of nitrogens with one attached hydrogen (secondary N) is 3. The molecule has 1 saturated carbocycles. The Hall–Kier alpha value is -2.28. The summed E-state index contributed by atoms with van der Waals surface area (Å²) in [6, 6.07) is 3.10. The van der Waals surface area contributed by atoms with E-state index in [1.165, 1.54) is 6.07 Å². The Bertz CT molecular complexity index is 707. The van der Waals surface area contributed by atoms with Crippen molar-refractivity contribution in [2.45, 2.75) is 19.8 Å². The van der Waals surface area contributed by atoms with Crippen LogP contribution in [0.15, 0.2) is 12.1 Å². The van der Waals surface area contributed by atoms with Gasteiger partial charge in [0, 0.05) is 24.9 Å². The maximum Gasteiger partial charge on any atom is 0.262 e. The van der Waals surface area contributed by atoms with Gasteiger partial charge in [0.2, 0.25) is 11.8 Å². The minimum atomic E-state index is -0.263. The van der Waals surface area contributed by atoms with Crippen LogP contribution >= 0.6 is 11.6 Å². The van der Waals surface area contributed by atoms with Crippen molar-refractivity contribution in [3.8, 4) is 5.75 Å². The molecule has 1 aromatic rings. The number of benzene rings is 1. The Kier molecular flexibility index (Phi) is 4.62. The number of ether oxygens (including phenoxy) is 1. The van der Waals surface area contributed by atoms with E-state index < -0.39 is 0 Å². The SMILES string of the molecule is C[C@H]1C[C@@H]1C(=O)NCCC(=O)Nc1cc2c(cc1Cl)NC(=O)CO2. The van der Waals surface area contributed by atoms with Gasteiger partial charge in [-0.25, -0.2) is 0 Å². The first kappa shape index (κ1) is 16.6. The summed E-state index contributed by atoms with van der Waals surface area (Å²) < 4.78 is 5.29. The first-order chi connectivity index (χ1) is 11.4. The fourth-order valence-corrected chi connectivity index (χ4v) is 2.74. The topological polar surface area (TPSA) is 96.5 Å². The van der Waals surface area contributed by atoms with Gasteiger partial charge in [0.1, 0.15) is 5.75 Å². The lowest BCUT2D eigenvalue weighted by Crippen LogP contribution is -2.29. The van der Waals surface area contributed by atoms with Crippen LogP contribution in [0, 0.1) is 11.8 Å². The molecule has 24 heavy (non-hydrogen) atoms. The smallest absolute Gasteiger partial charge is 0.262 e. The van der Waals surface area contributed by atoms with Crippen LogP contribution in [0.3, 0.4) is 0 Å². The second-order valence-corrected chi connectivity index (χ2v) is 6.48. The fraction of sp³-hybridized carbons (Fsp3) is 0.438. The standard InChI is InChI=1S/C16H18ClN3O4/c1-8-4-9(8)16(23)18-3-2-14(21)19-11-6-13-12(5-10(11)17)20-15(22)7-24-13/h5-6,8-9H,2-4,7H2,1H3,(H,18,23)(H,19,21)(H,20,22)/t8-,9-/m0/s1. The highest BCUT2D eigenvalue weighted by atomic mass is 35.5. The Balaban J connectivity index is 1.52. The molecule has 0 unspecified atom stereocenters. The summed E-state index contributed by atoms with van der Waals surface area (Å²) in [6.07, 6.45) is 1.07. The lowest BCUT2D eigenvalue weighted by atomic mass is 10.2. The van der Waals surface area contributed by atoms with Crippen LogP contribution < -0.4 is 20.7 Å². The van der Waals surface area contributed by atoms with Crippen LogP contribution in [0.5, 0.6) is 5.75 Å². The molecule has 3 N–H and O–H groups in total. The van der Waals surface area contributed by atoms with E-state index in [4.69, 9.17) is 16.3 Å². The highest BCUT2D eigenvalue weighted by Crippen LogP contribution is 2.38. The number of hydrogen-bond acceptors (Lipinski definition) is 4. The zero-order valence-electron chi connectivity index (χ0n) is 13.1. The van der Waals surface area contributed by atoms with Gasteiger partial charge in [-0.05, 0) is 18.4 Å². The molecule has 1 aliphatic carbocycles. The molecule has 7 nitrogen and oxygen atoms in total. The van der Waals surface area contributed by atoms with Crippen molar-refractivity contribution in [3.05, 3.63) is 17.2 Å². The highest BCUT2D eigenvalue weighted by molar-refractivity contribution is 6.34. The number of carbonyl (C=O) groups excluding carboxylic acids is 3. The van der Waals surface area contributed by atoms with Crippen LogP contribution in [0.4, 0.5) is 11.4 Å². The van der Waals surface area contributed by atoms with E-state index in [-0.39, 0.29) is 43.2 Å². The van der Waals surface area contributed by atoms with E-state index in [1.807, 2.05) is 6.92 Å². The molecular weight excluding hydrogens is 334 g/mol. The summed E-state index contributed by atoms with van der Waals surface area (Å²) in [6.45, 7) is 2.23. The van der Waals surface area contributed by atoms with Crippen LogP contribution in [-0.2, 0) is 14.4 Å². The fourth-order valence-electron chi connectivity index (χ4n) is 2.53. The maximum atomic E-state index is 12.0. The molecule has 1 heterocycles. The lowest BCUT2D eigenvalue weighted by Gasteiger charge is -2.19. The molecule has 3 rings (SSSR count). The van der Waals surface area contributed by atoms with E-state index in [9.17, 15) is 14.4 Å².